The number of rotatable bonds is 8. The van der Waals surface area contributed by atoms with Gasteiger partial charge < -0.3 is 9.13 Å². The van der Waals surface area contributed by atoms with Crippen LogP contribution in [-0.2, 0) is 6.18 Å². The van der Waals surface area contributed by atoms with Gasteiger partial charge in [-0.25, -0.2) is 9.69 Å². The van der Waals surface area contributed by atoms with Gasteiger partial charge >= 0.3 is 6.18 Å². The lowest BCUT2D eigenvalue weighted by atomic mass is 9.94. The van der Waals surface area contributed by atoms with Crippen molar-refractivity contribution in [2.75, 3.05) is 0 Å². The zero-order valence-corrected chi connectivity index (χ0v) is 44.3. The molecule has 0 atom stereocenters. The second-order valence-corrected chi connectivity index (χ2v) is 20.7. The first-order valence-electron chi connectivity index (χ1n) is 26.5. The molecule has 13 aromatic rings. The molecule has 0 saturated carbocycles. The number of fused-ring (bicyclic) bond motifs is 6. The van der Waals surface area contributed by atoms with Gasteiger partial charge in [0.15, 0.2) is 11.4 Å². The lowest BCUT2D eigenvalue weighted by Gasteiger charge is -2.21. The minimum absolute atomic E-state index is 0.109. The number of halogens is 3. The largest absolute Gasteiger partial charge is 0.415 e. The highest BCUT2D eigenvalue weighted by Gasteiger charge is 2.31. The van der Waals surface area contributed by atoms with Crippen LogP contribution in [0, 0.1) is 40.8 Å². The van der Waals surface area contributed by atoms with Crippen LogP contribution in [0.4, 0.5) is 24.5 Å². The Morgan fingerprint density at radius 3 is 1.09 bits per heavy atom. The molecule has 382 valence electrons. The SMILES string of the molecule is [C-]#[N+]c1ccc(-n2c3ccc(-c4ccccc4C)cc3c3cc(-c4ccccc4C)ccc32)c(-c2ccc(-c3ccc(C(F)(F)F)cc3[N+]#[C-])cc2-n2c3ccc(-c4ccccc4C)cc3c3cc(-c4ccccc4C)ccc32)c1. The molecular formula is C73H49F3N4. The fourth-order valence-electron chi connectivity index (χ4n) is 12.0. The Bertz CT molecular complexity index is 4580. The molecule has 0 aliphatic heterocycles. The molecule has 13 rings (SSSR count). The van der Waals surface area contributed by atoms with Crippen molar-refractivity contribution >= 4 is 55.0 Å². The molecule has 2 aromatic heterocycles. The van der Waals surface area contributed by atoms with Crippen molar-refractivity contribution < 1.29 is 13.2 Å². The smallest absolute Gasteiger partial charge is 0.309 e. The van der Waals surface area contributed by atoms with Gasteiger partial charge in [0, 0.05) is 32.7 Å². The van der Waals surface area contributed by atoms with Crippen molar-refractivity contribution in [2.45, 2.75) is 33.9 Å². The molecule has 0 unspecified atom stereocenters. The fraction of sp³-hybridized carbons (Fsp3) is 0.0685. The molecule has 0 N–H and O–H groups in total. The van der Waals surface area contributed by atoms with Crippen LogP contribution in [0.1, 0.15) is 27.8 Å². The van der Waals surface area contributed by atoms with Crippen molar-refractivity contribution in [3.8, 4) is 78.1 Å². The van der Waals surface area contributed by atoms with E-state index >= 15 is 0 Å². The molecule has 0 amide bonds. The normalized spacial score (nSPS) is 11.7. The van der Waals surface area contributed by atoms with Gasteiger partial charge in [-0.3, -0.25) is 0 Å². The van der Waals surface area contributed by atoms with E-state index in [1.807, 2.05) is 48.5 Å². The Balaban J connectivity index is 1.13. The summed E-state index contributed by atoms with van der Waals surface area (Å²) >= 11 is 0. The lowest BCUT2D eigenvalue weighted by molar-refractivity contribution is -0.137. The van der Waals surface area contributed by atoms with Gasteiger partial charge in [0.1, 0.15) is 0 Å². The molecule has 0 radical (unpaired) electrons. The molecule has 0 spiro atoms. The number of aryl methyl sites for hydroxylation is 4. The quantitative estimate of drug-likeness (QED) is 0.135. The van der Waals surface area contributed by atoms with E-state index in [9.17, 15) is 13.2 Å². The van der Waals surface area contributed by atoms with Crippen LogP contribution >= 0.6 is 0 Å². The van der Waals surface area contributed by atoms with Crippen LogP contribution in [0.2, 0.25) is 0 Å². The highest BCUT2D eigenvalue weighted by atomic mass is 19.4. The molecule has 7 heteroatoms. The number of hydrogen-bond donors (Lipinski definition) is 0. The predicted octanol–water partition coefficient (Wildman–Crippen LogP) is 21.2. The summed E-state index contributed by atoms with van der Waals surface area (Å²) in [5.41, 5.74) is 20.7. The van der Waals surface area contributed by atoms with E-state index in [0.29, 0.717) is 16.8 Å². The number of aromatic nitrogens is 2. The van der Waals surface area contributed by atoms with Gasteiger partial charge in [-0.2, -0.15) is 13.2 Å². The van der Waals surface area contributed by atoms with Crippen molar-refractivity contribution in [1.82, 2.24) is 9.13 Å². The third-order valence-electron chi connectivity index (χ3n) is 16.0. The van der Waals surface area contributed by atoms with Gasteiger partial charge in [-0.15, -0.1) is 0 Å². The van der Waals surface area contributed by atoms with Crippen LogP contribution < -0.4 is 0 Å². The van der Waals surface area contributed by atoms with E-state index in [1.165, 1.54) is 17.2 Å². The van der Waals surface area contributed by atoms with Crippen LogP contribution in [0.15, 0.2) is 224 Å². The van der Waals surface area contributed by atoms with Gasteiger partial charge in [0.05, 0.1) is 46.6 Å². The Labute approximate surface area is 462 Å². The van der Waals surface area contributed by atoms with E-state index in [0.717, 1.165) is 134 Å². The van der Waals surface area contributed by atoms with E-state index in [4.69, 9.17) is 13.1 Å². The standard InChI is InChI=1S/C73H49F3N4/c1-44-15-7-11-19-55(44)48-24-32-67-61(37-48)62-38-49(56-20-12-8-16-45(56)2)25-33-68(62)79(67)71-36-29-54(77-5)43-65(71)60-30-23-52(59-31-28-53(73(74,75)76)42-66(59)78-6)41-72(60)80-69-34-26-50(57-21-13-9-17-46(57)3)39-63(69)64-40-51(27-35-70(64)80)58-22-14-10-18-47(58)4/h7-43H,1-4H3. The topological polar surface area (TPSA) is 18.6 Å². The molecule has 80 heavy (non-hydrogen) atoms. The van der Waals surface area contributed by atoms with Crippen molar-refractivity contribution in [3.05, 3.63) is 275 Å². The Morgan fingerprint density at radius 1 is 0.325 bits per heavy atom. The van der Waals surface area contributed by atoms with Crippen molar-refractivity contribution in [1.29, 1.82) is 0 Å². The van der Waals surface area contributed by atoms with Gasteiger partial charge in [-0.05, 0) is 184 Å². The first kappa shape index (κ1) is 49.4. The summed E-state index contributed by atoms with van der Waals surface area (Å²) in [5.74, 6) is 0. The predicted molar refractivity (Wildman–Crippen MR) is 324 cm³/mol. The number of nitrogens with zero attached hydrogens (tertiary/aromatic N) is 4. The first-order valence-corrected chi connectivity index (χ1v) is 26.5. The summed E-state index contributed by atoms with van der Waals surface area (Å²) in [6.45, 7) is 25.1. The maximum Gasteiger partial charge on any atom is 0.415 e. The summed E-state index contributed by atoms with van der Waals surface area (Å²) < 4.78 is 47.3. The molecule has 11 aromatic carbocycles. The maximum atomic E-state index is 14.3. The van der Waals surface area contributed by atoms with Crippen LogP contribution in [0.25, 0.3) is 131 Å². The average molecular weight is 1040 g/mol. The Kier molecular flexibility index (Phi) is 11.9. The van der Waals surface area contributed by atoms with Crippen LogP contribution in [0.5, 0.6) is 0 Å². The Morgan fingerprint density at radius 2 is 0.700 bits per heavy atom. The Hall–Kier alpha value is -10.2. The van der Waals surface area contributed by atoms with Crippen LogP contribution in [-0.4, -0.2) is 9.13 Å². The number of alkyl halides is 3. The number of hydrogen-bond acceptors (Lipinski definition) is 0. The fourth-order valence-corrected chi connectivity index (χ4v) is 12.0. The van der Waals surface area contributed by atoms with E-state index in [-0.39, 0.29) is 5.69 Å². The maximum absolute atomic E-state index is 14.3. The molecule has 4 nitrogen and oxygen atoms in total. The van der Waals surface area contributed by atoms with Gasteiger partial charge in [0.2, 0.25) is 0 Å². The van der Waals surface area contributed by atoms with Crippen molar-refractivity contribution in [2.24, 2.45) is 0 Å². The number of benzene rings is 11. The minimum atomic E-state index is -4.63. The van der Waals surface area contributed by atoms with E-state index < -0.39 is 11.7 Å². The van der Waals surface area contributed by atoms with E-state index in [2.05, 4.69) is 204 Å². The summed E-state index contributed by atoms with van der Waals surface area (Å²) in [4.78, 5) is 7.70. The van der Waals surface area contributed by atoms with Gasteiger partial charge in [-0.1, -0.05) is 152 Å². The minimum Gasteiger partial charge on any atom is -0.309 e. The lowest BCUT2D eigenvalue weighted by Crippen LogP contribution is -2.04. The summed E-state index contributed by atoms with van der Waals surface area (Å²) in [6, 6.07) is 75.2. The second kappa shape index (κ2) is 19.4. The molecule has 0 aliphatic carbocycles. The summed E-state index contributed by atoms with van der Waals surface area (Å²) in [5, 5.41) is 4.15. The van der Waals surface area contributed by atoms with E-state index in [1.54, 1.807) is 0 Å². The highest BCUT2D eigenvalue weighted by Crippen LogP contribution is 2.47. The average Bonchev–Trinajstić information content (AvgIpc) is 4.21. The third-order valence-corrected chi connectivity index (χ3v) is 16.0. The summed E-state index contributed by atoms with van der Waals surface area (Å²) in [7, 11) is 0. The summed E-state index contributed by atoms with van der Waals surface area (Å²) in [6.07, 6.45) is -4.63. The molecule has 0 bridgehead atoms. The van der Waals surface area contributed by atoms with Crippen LogP contribution in [0.3, 0.4) is 0 Å². The molecule has 0 saturated heterocycles. The van der Waals surface area contributed by atoms with Crippen molar-refractivity contribution in [3.63, 3.8) is 0 Å². The second-order valence-electron chi connectivity index (χ2n) is 20.7. The zero-order chi connectivity index (χ0) is 55.0. The molecule has 2 heterocycles. The van der Waals surface area contributed by atoms with Gasteiger partial charge in [0.25, 0.3) is 0 Å². The first-order chi connectivity index (χ1) is 38.9. The molecular weight excluding hydrogens is 990 g/mol. The molecule has 0 aliphatic rings. The molecule has 0 fully saturated rings. The monoisotopic (exact) mass is 1040 g/mol. The third kappa shape index (κ3) is 8.31. The highest BCUT2D eigenvalue weighted by molar-refractivity contribution is 6.14. The zero-order valence-electron chi connectivity index (χ0n) is 44.3.